The molecule has 1 unspecified atom stereocenters. The van der Waals surface area contributed by atoms with Crippen LogP contribution in [0.4, 0.5) is 5.82 Å². The average Bonchev–Trinajstić information content (AvgIpc) is 3.31. The van der Waals surface area contributed by atoms with Crippen LogP contribution < -0.4 is 5.73 Å². The Labute approximate surface area is 151 Å². The smallest absolute Gasteiger partial charge is 0.244 e. The van der Waals surface area contributed by atoms with Crippen LogP contribution in [0.1, 0.15) is 44.5 Å². The molecule has 0 radical (unpaired) electrons. The molecule has 2 aromatic heterocycles. The number of likely N-dealkylation sites (tertiary alicyclic amines) is 2. The number of piperidine rings is 1. The highest BCUT2D eigenvalue weighted by molar-refractivity contribution is 5.73. The maximum Gasteiger partial charge on any atom is 0.244 e. The third-order valence-corrected chi connectivity index (χ3v) is 5.38. The number of nitrogens with zero attached hydrogens (tertiary/aromatic N) is 6. The number of hydrogen-bond acceptors (Lipinski definition) is 8. The minimum Gasteiger partial charge on any atom is -0.383 e. The van der Waals surface area contributed by atoms with E-state index in [2.05, 4.69) is 25.0 Å². The summed E-state index contributed by atoms with van der Waals surface area (Å²) in [6, 6.07) is 0.564. The lowest BCUT2D eigenvalue weighted by atomic mass is 10.0. The normalized spacial score (nSPS) is 22.0. The fourth-order valence-electron chi connectivity index (χ4n) is 3.99. The van der Waals surface area contributed by atoms with Gasteiger partial charge in [-0.3, -0.25) is 9.69 Å². The Morgan fingerprint density at radius 2 is 2.08 bits per heavy atom. The van der Waals surface area contributed by atoms with Gasteiger partial charge in [-0.2, -0.15) is 4.98 Å². The van der Waals surface area contributed by atoms with Crippen molar-refractivity contribution in [2.45, 2.75) is 44.7 Å². The van der Waals surface area contributed by atoms with Gasteiger partial charge in [-0.1, -0.05) is 5.16 Å². The number of amides is 1. The van der Waals surface area contributed by atoms with Crippen molar-refractivity contribution in [1.82, 2.24) is 29.9 Å². The standard InChI is InChI=1S/C17H23N7O2/c1-11(25)23-7-4-12(5-8-23)24-6-2-3-14(24)17-21-16(22-26-17)13-9-19-10-20-15(13)18/h9-10,12,14H,2-8H2,1H3,(H2,18,19,20). The van der Waals surface area contributed by atoms with Crippen LogP contribution in [0.3, 0.4) is 0 Å². The zero-order chi connectivity index (χ0) is 18.1. The Morgan fingerprint density at radius 1 is 1.27 bits per heavy atom. The van der Waals surface area contributed by atoms with Crippen LogP contribution in [0.2, 0.25) is 0 Å². The number of carbonyl (C=O) groups is 1. The van der Waals surface area contributed by atoms with Crippen LogP contribution in [0.25, 0.3) is 11.4 Å². The summed E-state index contributed by atoms with van der Waals surface area (Å²) >= 11 is 0. The molecule has 2 aromatic rings. The maximum absolute atomic E-state index is 11.5. The second kappa shape index (κ2) is 6.99. The second-order valence-electron chi connectivity index (χ2n) is 6.91. The molecule has 4 heterocycles. The maximum atomic E-state index is 11.5. The lowest BCUT2D eigenvalue weighted by Crippen LogP contribution is -2.46. The molecule has 2 saturated heterocycles. The van der Waals surface area contributed by atoms with Gasteiger partial charge in [0.15, 0.2) is 0 Å². The van der Waals surface area contributed by atoms with Gasteiger partial charge >= 0.3 is 0 Å². The molecule has 9 heteroatoms. The number of nitrogens with two attached hydrogens (primary N) is 1. The molecule has 9 nitrogen and oxygen atoms in total. The first kappa shape index (κ1) is 16.9. The third-order valence-electron chi connectivity index (χ3n) is 5.38. The molecule has 1 atom stereocenters. The largest absolute Gasteiger partial charge is 0.383 e. The first-order valence-electron chi connectivity index (χ1n) is 9.04. The van der Waals surface area contributed by atoms with Crippen LogP contribution in [0.15, 0.2) is 17.0 Å². The van der Waals surface area contributed by atoms with Crippen LogP contribution in [-0.2, 0) is 4.79 Å². The van der Waals surface area contributed by atoms with Crippen molar-refractivity contribution in [3.63, 3.8) is 0 Å². The molecule has 0 saturated carbocycles. The summed E-state index contributed by atoms with van der Waals surface area (Å²) in [6.07, 6.45) is 7.06. The van der Waals surface area contributed by atoms with E-state index in [1.807, 2.05) is 4.90 Å². The van der Waals surface area contributed by atoms with Crippen molar-refractivity contribution in [1.29, 1.82) is 0 Å². The van der Waals surface area contributed by atoms with E-state index < -0.39 is 0 Å². The summed E-state index contributed by atoms with van der Waals surface area (Å²) in [4.78, 5) is 28.4. The van der Waals surface area contributed by atoms with E-state index in [4.69, 9.17) is 10.3 Å². The van der Waals surface area contributed by atoms with Crippen molar-refractivity contribution in [2.75, 3.05) is 25.4 Å². The van der Waals surface area contributed by atoms with Crippen molar-refractivity contribution in [3.8, 4) is 11.4 Å². The third kappa shape index (κ3) is 3.14. The van der Waals surface area contributed by atoms with Gasteiger partial charge in [0, 0.05) is 32.3 Å². The Balaban J connectivity index is 1.49. The van der Waals surface area contributed by atoms with E-state index in [-0.39, 0.29) is 11.9 Å². The van der Waals surface area contributed by atoms with E-state index in [0.29, 0.717) is 29.1 Å². The molecular formula is C17H23N7O2. The van der Waals surface area contributed by atoms with Gasteiger partial charge < -0.3 is 15.2 Å². The van der Waals surface area contributed by atoms with Crippen molar-refractivity contribution < 1.29 is 9.32 Å². The van der Waals surface area contributed by atoms with Gasteiger partial charge in [-0.25, -0.2) is 9.97 Å². The SMILES string of the molecule is CC(=O)N1CCC(N2CCCC2c2nc(-c3cncnc3N)no2)CC1. The zero-order valence-corrected chi connectivity index (χ0v) is 14.8. The van der Waals surface area contributed by atoms with Gasteiger partial charge in [0.2, 0.25) is 17.6 Å². The predicted molar refractivity (Wildman–Crippen MR) is 93.7 cm³/mol. The van der Waals surface area contributed by atoms with Crippen LogP contribution >= 0.6 is 0 Å². The Bertz CT molecular complexity index is 785. The first-order chi connectivity index (χ1) is 12.6. The predicted octanol–water partition coefficient (Wildman–Crippen LogP) is 1.26. The summed E-state index contributed by atoms with van der Waals surface area (Å²) in [5.41, 5.74) is 6.47. The Hall–Kier alpha value is -2.55. The monoisotopic (exact) mass is 357 g/mol. The van der Waals surface area contributed by atoms with Gasteiger partial charge in [0.05, 0.1) is 11.6 Å². The zero-order valence-electron chi connectivity index (χ0n) is 14.8. The molecule has 1 amide bonds. The lowest BCUT2D eigenvalue weighted by molar-refractivity contribution is -0.130. The number of nitrogen functional groups attached to an aromatic ring is 1. The second-order valence-corrected chi connectivity index (χ2v) is 6.91. The summed E-state index contributed by atoms with van der Waals surface area (Å²) in [6.45, 7) is 4.29. The summed E-state index contributed by atoms with van der Waals surface area (Å²) in [7, 11) is 0. The van der Waals surface area contributed by atoms with Crippen molar-refractivity contribution in [2.24, 2.45) is 0 Å². The van der Waals surface area contributed by atoms with E-state index in [9.17, 15) is 4.79 Å². The molecule has 0 aliphatic carbocycles. The summed E-state index contributed by atoms with van der Waals surface area (Å²) in [5, 5.41) is 4.08. The highest BCUT2D eigenvalue weighted by Crippen LogP contribution is 2.36. The molecule has 2 aliphatic heterocycles. The summed E-state index contributed by atoms with van der Waals surface area (Å²) < 4.78 is 5.56. The van der Waals surface area contributed by atoms with E-state index in [1.54, 1.807) is 13.1 Å². The number of rotatable bonds is 3. The molecule has 0 bridgehead atoms. The van der Waals surface area contributed by atoms with Crippen LogP contribution in [-0.4, -0.2) is 61.5 Å². The number of carbonyl (C=O) groups excluding carboxylic acids is 1. The molecule has 0 spiro atoms. The Kier molecular flexibility index (Phi) is 4.54. The average molecular weight is 357 g/mol. The fourth-order valence-corrected chi connectivity index (χ4v) is 3.99. The molecule has 2 N–H and O–H groups in total. The quantitative estimate of drug-likeness (QED) is 0.873. The van der Waals surface area contributed by atoms with Gasteiger partial charge in [-0.15, -0.1) is 0 Å². The van der Waals surface area contributed by atoms with Crippen LogP contribution in [0.5, 0.6) is 0 Å². The van der Waals surface area contributed by atoms with Crippen LogP contribution in [0, 0.1) is 0 Å². The lowest BCUT2D eigenvalue weighted by Gasteiger charge is -2.38. The molecule has 26 heavy (non-hydrogen) atoms. The van der Waals surface area contributed by atoms with E-state index >= 15 is 0 Å². The minimum atomic E-state index is 0.121. The molecule has 0 aromatic carbocycles. The van der Waals surface area contributed by atoms with E-state index in [0.717, 1.165) is 45.3 Å². The Morgan fingerprint density at radius 3 is 2.81 bits per heavy atom. The van der Waals surface area contributed by atoms with Gasteiger partial charge in [-0.05, 0) is 32.2 Å². The topological polar surface area (TPSA) is 114 Å². The number of anilines is 1. The highest BCUT2D eigenvalue weighted by Gasteiger charge is 2.37. The van der Waals surface area contributed by atoms with Gasteiger partial charge in [0.1, 0.15) is 12.1 Å². The summed E-state index contributed by atoms with van der Waals surface area (Å²) in [5.74, 6) is 1.55. The first-order valence-corrected chi connectivity index (χ1v) is 9.04. The minimum absolute atomic E-state index is 0.121. The fraction of sp³-hybridized carbons (Fsp3) is 0.588. The molecule has 138 valence electrons. The molecule has 4 rings (SSSR count). The number of hydrogen-bond donors (Lipinski definition) is 1. The van der Waals surface area contributed by atoms with Crippen molar-refractivity contribution in [3.05, 3.63) is 18.4 Å². The number of aromatic nitrogens is 4. The van der Waals surface area contributed by atoms with Gasteiger partial charge in [0.25, 0.3) is 0 Å². The molecule has 2 aliphatic rings. The highest BCUT2D eigenvalue weighted by atomic mass is 16.5. The van der Waals surface area contributed by atoms with Crippen molar-refractivity contribution >= 4 is 11.7 Å². The molecule has 2 fully saturated rings. The van der Waals surface area contributed by atoms with E-state index in [1.165, 1.54) is 6.33 Å². The molecular weight excluding hydrogens is 334 g/mol.